The molecule has 0 saturated carbocycles. The maximum atomic E-state index is 9.28. The van der Waals surface area contributed by atoms with Gasteiger partial charge in [0, 0.05) is 19.6 Å². The number of hydrogen-bond donors (Lipinski definition) is 2. The van der Waals surface area contributed by atoms with Crippen molar-refractivity contribution in [2.45, 2.75) is 38.5 Å². The van der Waals surface area contributed by atoms with E-state index in [9.17, 15) is 10.0 Å². The number of likely N-dealkylation sites (tertiary alicyclic amines) is 1. The van der Waals surface area contributed by atoms with Gasteiger partial charge in [-0.1, -0.05) is 106 Å². The van der Waals surface area contributed by atoms with Crippen LogP contribution >= 0.6 is 0 Å². The summed E-state index contributed by atoms with van der Waals surface area (Å²) in [7, 11) is -3.93. The van der Waals surface area contributed by atoms with Gasteiger partial charge in [-0.15, -0.1) is 0 Å². The second-order valence-electron chi connectivity index (χ2n) is 9.71. The fourth-order valence-corrected chi connectivity index (χ4v) is 9.38. The van der Waals surface area contributed by atoms with E-state index in [2.05, 4.69) is 86.3 Å². The van der Waals surface area contributed by atoms with Crippen LogP contribution in [-0.2, 0) is 11.0 Å². The fourth-order valence-electron chi connectivity index (χ4n) is 4.72. The third-order valence-corrected chi connectivity index (χ3v) is 11.5. The molecule has 0 bridgehead atoms. The second-order valence-corrected chi connectivity index (χ2v) is 14.0. The van der Waals surface area contributed by atoms with Crippen LogP contribution in [0.2, 0.25) is 5.04 Å². The lowest BCUT2D eigenvalue weighted by Crippen LogP contribution is -2.70. The minimum atomic E-state index is -2.51. The predicted octanol–water partition coefficient (Wildman–Crippen LogP) is 2.13. The van der Waals surface area contributed by atoms with Gasteiger partial charge in [-0.05, 0) is 26.4 Å². The molecule has 1 aliphatic heterocycles. The molecule has 1 fully saturated rings. The van der Waals surface area contributed by atoms with Crippen LogP contribution in [0.4, 0.5) is 0 Å². The zero-order chi connectivity index (χ0) is 22.8. The van der Waals surface area contributed by atoms with Crippen molar-refractivity contribution in [2.24, 2.45) is 0 Å². The SMILES string of the molecule is CC(C)(C)[Si](OC1CN(Cc2ccc(B(O)O)cc2)C1)(c1ccccc1)c1ccccc1. The van der Waals surface area contributed by atoms with Crippen LogP contribution < -0.4 is 15.8 Å². The van der Waals surface area contributed by atoms with Gasteiger partial charge in [0.1, 0.15) is 0 Å². The molecule has 166 valence electrons. The molecule has 0 aromatic heterocycles. The van der Waals surface area contributed by atoms with Crippen LogP contribution in [0.15, 0.2) is 84.9 Å². The molecular weight excluding hydrogens is 413 g/mol. The van der Waals surface area contributed by atoms with Crippen LogP contribution in [-0.4, -0.2) is 49.6 Å². The van der Waals surface area contributed by atoms with Crippen LogP contribution in [0.5, 0.6) is 0 Å². The smallest absolute Gasteiger partial charge is 0.423 e. The molecule has 0 spiro atoms. The minimum absolute atomic E-state index is 0.0168. The van der Waals surface area contributed by atoms with Gasteiger partial charge in [0.25, 0.3) is 8.32 Å². The van der Waals surface area contributed by atoms with Crippen molar-refractivity contribution in [3.05, 3.63) is 90.5 Å². The van der Waals surface area contributed by atoms with Crippen molar-refractivity contribution in [3.63, 3.8) is 0 Å². The summed E-state index contributed by atoms with van der Waals surface area (Å²) in [6.07, 6.45) is 0.194. The minimum Gasteiger partial charge on any atom is -0.423 e. The highest BCUT2D eigenvalue weighted by Gasteiger charge is 2.52. The topological polar surface area (TPSA) is 52.9 Å². The molecule has 6 heteroatoms. The molecular formula is C26H32BNO3Si. The molecule has 2 N–H and O–H groups in total. The van der Waals surface area contributed by atoms with Crippen molar-refractivity contribution in [1.29, 1.82) is 0 Å². The molecule has 1 saturated heterocycles. The van der Waals surface area contributed by atoms with Crippen molar-refractivity contribution in [2.75, 3.05) is 13.1 Å². The van der Waals surface area contributed by atoms with Gasteiger partial charge in [0.15, 0.2) is 0 Å². The Balaban J connectivity index is 1.53. The van der Waals surface area contributed by atoms with Gasteiger partial charge in [-0.3, -0.25) is 4.90 Å². The molecule has 1 heterocycles. The monoisotopic (exact) mass is 445 g/mol. The summed E-state index contributed by atoms with van der Waals surface area (Å²) < 4.78 is 7.16. The Labute approximate surface area is 192 Å². The molecule has 0 amide bonds. The molecule has 32 heavy (non-hydrogen) atoms. The normalized spacial score (nSPS) is 15.4. The summed E-state index contributed by atoms with van der Waals surface area (Å²) >= 11 is 0. The van der Waals surface area contributed by atoms with E-state index >= 15 is 0 Å². The fraction of sp³-hybridized carbons (Fsp3) is 0.308. The van der Waals surface area contributed by atoms with Gasteiger partial charge in [-0.2, -0.15) is 0 Å². The van der Waals surface area contributed by atoms with Gasteiger partial charge < -0.3 is 14.5 Å². The first-order valence-electron chi connectivity index (χ1n) is 11.3. The molecule has 1 aliphatic rings. The quantitative estimate of drug-likeness (QED) is 0.548. The van der Waals surface area contributed by atoms with E-state index in [1.165, 1.54) is 15.9 Å². The summed E-state index contributed by atoms with van der Waals surface area (Å²) in [5.41, 5.74) is 1.68. The van der Waals surface area contributed by atoms with Crippen molar-refractivity contribution < 1.29 is 14.5 Å². The van der Waals surface area contributed by atoms with E-state index in [-0.39, 0.29) is 11.1 Å². The number of rotatable bonds is 7. The summed E-state index contributed by atoms with van der Waals surface area (Å²) in [6, 6.07) is 29.0. The molecule has 0 aliphatic carbocycles. The Bertz CT molecular complexity index is 961. The zero-order valence-electron chi connectivity index (χ0n) is 19.1. The molecule has 3 aromatic carbocycles. The summed E-state index contributed by atoms with van der Waals surface area (Å²) in [6.45, 7) is 9.57. The largest absolute Gasteiger partial charge is 0.488 e. The third kappa shape index (κ3) is 4.60. The molecule has 0 unspecified atom stereocenters. The Morgan fingerprint density at radius 2 is 1.34 bits per heavy atom. The first-order chi connectivity index (χ1) is 15.3. The lowest BCUT2D eigenvalue weighted by atomic mass is 9.80. The maximum absolute atomic E-state index is 9.28. The lowest BCUT2D eigenvalue weighted by Gasteiger charge is -2.49. The van der Waals surface area contributed by atoms with Gasteiger partial charge in [0.05, 0.1) is 6.10 Å². The lowest BCUT2D eigenvalue weighted by molar-refractivity contribution is 0.00810. The summed E-state index contributed by atoms with van der Waals surface area (Å²) in [5.74, 6) is 0. The Hall–Kier alpha value is -2.22. The van der Waals surface area contributed by atoms with Crippen LogP contribution in [0.3, 0.4) is 0 Å². The van der Waals surface area contributed by atoms with E-state index < -0.39 is 15.4 Å². The highest BCUT2D eigenvalue weighted by molar-refractivity contribution is 6.99. The summed E-state index contributed by atoms with van der Waals surface area (Å²) in [5, 5.41) is 21.2. The van der Waals surface area contributed by atoms with E-state index in [1.807, 2.05) is 12.1 Å². The van der Waals surface area contributed by atoms with E-state index in [4.69, 9.17) is 4.43 Å². The highest BCUT2D eigenvalue weighted by atomic mass is 28.4. The Morgan fingerprint density at radius 3 is 1.78 bits per heavy atom. The number of hydrogen-bond acceptors (Lipinski definition) is 4. The Kier molecular flexibility index (Phi) is 6.70. The standard InChI is InChI=1S/C26H32BNO3Si/c1-26(2,3)32(24-10-6-4-7-11-24,25-12-8-5-9-13-25)31-23-19-28(20-23)18-21-14-16-22(17-15-21)27(29)30/h4-17,23,29-30H,18-20H2,1-3H3. The zero-order valence-corrected chi connectivity index (χ0v) is 20.1. The van der Waals surface area contributed by atoms with E-state index in [1.54, 1.807) is 12.1 Å². The average molecular weight is 445 g/mol. The second kappa shape index (κ2) is 9.34. The van der Waals surface area contributed by atoms with Crippen molar-refractivity contribution in [1.82, 2.24) is 4.90 Å². The molecule has 0 radical (unpaired) electrons. The first-order valence-corrected chi connectivity index (χ1v) is 13.2. The Morgan fingerprint density at radius 1 is 0.844 bits per heavy atom. The number of nitrogens with zero attached hydrogens (tertiary/aromatic N) is 1. The van der Waals surface area contributed by atoms with Crippen LogP contribution in [0.1, 0.15) is 26.3 Å². The van der Waals surface area contributed by atoms with Gasteiger partial charge in [-0.25, -0.2) is 0 Å². The van der Waals surface area contributed by atoms with Gasteiger partial charge in [0.2, 0.25) is 0 Å². The third-order valence-electron chi connectivity index (χ3n) is 6.37. The average Bonchev–Trinajstić information content (AvgIpc) is 2.76. The molecule has 4 nitrogen and oxygen atoms in total. The molecule has 0 atom stereocenters. The summed E-state index contributed by atoms with van der Waals surface area (Å²) in [4.78, 5) is 2.38. The molecule has 3 aromatic rings. The van der Waals surface area contributed by atoms with E-state index in [0.717, 1.165) is 19.6 Å². The predicted molar refractivity (Wildman–Crippen MR) is 134 cm³/mol. The molecule has 4 rings (SSSR count). The highest BCUT2D eigenvalue weighted by Crippen LogP contribution is 2.38. The van der Waals surface area contributed by atoms with E-state index in [0.29, 0.717) is 5.46 Å². The maximum Gasteiger partial charge on any atom is 0.488 e. The van der Waals surface area contributed by atoms with Crippen LogP contribution in [0.25, 0.3) is 0 Å². The number of benzene rings is 3. The van der Waals surface area contributed by atoms with Crippen molar-refractivity contribution >= 4 is 31.3 Å². The van der Waals surface area contributed by atoms with Gasteiger partial charge >= 0.3 is 7.12 Å². The van der Waals surface area contributed by atoms with Crippen molar-refractivity contribution in [3.8, 4) is 0 Å². The first kappa shape index (κ1) is 23.0. The van der Waals surface area contributed by atoms with Crippen LogP contribution in [0, 0.1) is 0 Å².